The van der Waals surface area contributed by atoms with Gasteiger partial charge in [-0.1, -0.05) is 0 Å². The second-order valence-corrected chi connectivity index (χ2v) is 3.19. The summed E-state index contributed by atoms with van der Waals surface area (Å²) >= 11 is 3.42. The van der Waals surface area contributed by atoms with E-state index in [1.54, 1.807) is 10.9 Å². The Morgan fingerprint density at radius 3 is 3.09 bits per heavy atom. The summed E-state index contributed by atoms with van der Waals surface area (Å²) in [5.74, 6) is 0. The van der Waals surface area contributed by atoms with Crippen LogP contribution in [0.5, 0.6) is 0 Å². The minimum Gasteiger partial charge on any atom is -0.273 e. The fourth-order valence-electron chi connectivity index (χ4n) is 1.00. The quantitative estimate of drug-likeness (QED) is 0.665. The molecule has 0 aliphatic rings. The molecule has 56 valence electrons. The Hall–Kier alpha value is -0.900. The lowest BCUT2D eigenvalue weighted by Crippen LogP contribution is -1.85. The summed E-state index contributed by atoms with van der Waals surface area (Å²) in [5, 5.41) is 5.20. The fourth-order valence-corrected chi connectivity index (χ4v) is 1.40. The molecule has 0 saturated carbocycles. The van der Waals surface area contributed by atoms with E-state index in [9.17, 15) is 0 Å². The van der Waals surface area contributed by atoms with Crippen molar-refractivity contribution in [1.82, 2.24) is 14.8 Å². The SMILES string of the molecule is Cn1cc2c(Br)ccnc2n1. The maximum Gasteiger partial charge on any atom is 0.182 e. The number of halogens is 1. The van der Waals surface area contributed by atoms with Crippen LogP contribution in [0.3, 0.4) is 0 Å². The van der Waals surface area contributed by atoms with Crippen LogP contribution in [0.2, 0.25) is 0 Å². The van der Waals surface area contributed by atoms with Crippen molar-refractivity contribution < 1.29 is 0 Å². The van der Waals surface area contributed by atoms with Crippen LogP contribution < -0.4 is 0 Å². The predicted molar refractivity (Wildman–Crippen MR) is 46.2 cm³/mol. The minimum absolute atomic E-state index is 0.780. The molecule has 2 aromatic rings. The molecule has 2 heterocycles. The highest BCUT2D eigenvalue weighted by Gasteiger charge is 2.01. The molecule has 4 heteroatoms. The Bertz CT molecular complexity index is 393. The molecule has 0 amide bonds. The Kier molecular flexibility index (Phi) is 1.42. The number of fused-ring (bicyclic) bond motifs is 1. The molecule has 0 aromatic carbocycles. The second-order valence-electron chi connectivity index (χ2n) is 2.33. The van der Waals surface area contributed by atoms with Gasteiger partial charge in [0.2, 0.25) is 0 Å². The van der Waals surface area contributed by atoms with Gasteiger partial charge in [-0.25, -0.2) is 4.98 Å². The van der Waals surface area contributed by atoms with E-state index >= 15 is 0 Å². The van der Waals surface area contributed by atoms with Crippen molar-refractivity contribution in [1.29, 1.82) is 0 Å². The van der Waals surface area contributed by atoms with Crippen molar-refractivity contribution in [3.63, 3.8) is 0 Å². The number of hydrogen-bond donors (Lipinski definition) is 0. The molecule has 0 aliphatic heterocycles. The normalized spacial score (nSPS) is 10.7. The highest BCUT2D eigenvalue weighted by Crippen LogP contribution is 2.19. The summed E-state index contributed by atoms with van der Waals surface area (Å²) in [6.45, 7) is 0. The highest BCUT2D eigenvalue weighted by molar-refractivity contribution is 9.10. The third-order valence-electron chi connectivity index (χ3n) is 1.48. The molecule has 0 aliphatic carbocycles. The smallest absolute Gasteiger partial charge is 0.182 e. The zero-order valence-electron chi connectivity index (χ0n) is 5.95. The van der Waals surface area contributed by atoms with Gasteiger partial charge in [0.15, 0.2) is 5.65 Å². The molecule has 3 nitrogen and oxygen atoms in total. The van der Waals surface area contributed by atoms with E-state index in [1.807, 2.05) is 19.3 Å². The Labute approximate surface area is 72.2 Å². The number of hydrogen-bond acceptors (Lipinski definition) is 2. The van der Waals surface area contributed by atoms with Gasteiger partial charge in [-0.2, -0.15) is 5.10 Å². The molecule has 2 rings (SSSR count). The van der Waals surface area contributed by atoms with E-state index in [-0.39, 0.29) is 0 Å². The summed E-state index contributed by atoms with van der Waals surface area (Å²) in [6.07, 6.45) is 3.67. The van der Waals surface area contributed by atoms with Crippen LogP contribution in [0, 0.1) is 0 Å². The van der Waals surface area contributed by atoms with E-state index < -0.39 is 0 Å². The Morgan fingerprint density at radius 1 is 1.55 bits per heavy atom. The molecule has 0 atom stereocenters. The van der Waals surface area contributed by atoms with Gasteiger partial charge in [-0.05, 0) is 22.0 Å². The van der Waals surface area contributed by atoms with Gasteiger partial charge < -0.3 is 0 Å². The molecule has 0 spiro atoms. The second kappa shape index (κ2) is 2.30. The van der Waals surface area contributed by atoms with Gasteiger partial charge >= 0.3 is 0 Å². The topological polar surface area (TPSA) is 30.7 Å². The molecule has 2 aromatic heterocycles. The van der Waals surface area contributed by atoms with Crippen LogP contribution in [-0.2, 0) is 7.05 Å². The van der Waals surface area contributed by atoms with Crippen molar-refractivity contribution >= 4 is 27.0 Å². The average molecular weight is 212 g/mol. The molecule has 0 bridgehead atoms. The molecule has 0 saturated heterocycles. The van der Waals surface area contributed by atoms with E-state index in [2.05, 4.69) is 26.0 Å². The van der Waals surface area contributed by atoms with Gasteiger partial charge in [0.05, 0.1) is 5.39 Å². The molecule has 0 N–H and O–H groups in total. The van der Waals surface area contributed by atoms with Gasteiger partial charge in [-0.3, -0.25) is 4.68 Å². The summed E-state index contributed by atoms with van der Waals surface area (Å²) in [7, 11) is 1.88. The molecular weight excluding hydrogens is 206 g/mol. The standard InChI is InChI=1S/C7H6BrN3/c1-11-4-5-6(8)2-3-9-7(5)10-11/h2-4H,1H3. The number of aryl methyl sites for hydroxylation is 1. The van der Waals surface area contributed by atoms with Crippen molar-refractivity contribution in [3.05, 3.63) is 22.9 Å². The Morgan fingerprint density at radius 2 is 2.36 bits per heavy atom. The highest BCUT2D eigenvalue weighted by atomic mass is 79.9. The monoisotopic (exact) mass is 211 g/mol. The van der Waals surface area contributed by atoms with Crippen LogP contribution in [0.25, 0.3) is 11.0 Å². The molecular formula is C7H6BrN3. The van der Waals surface area contributed by atoms with E-state index in [0.717, 1.165) is 15.5 Å². The average Bonchev–Trinajstić information content (AvgIpc) is 2.31. The fraction of sp³-hybridized carbons (Fsp3) is 0.143. The van der Waals surface area contributed by atoms with E-state index in [0.29, 0.717) is 0 Å². The predicted octanol–water partition coefficient (Wildman–Crippen LogP) is 1.73. The lowest BCUT2D eigenvalue weighted by atomic mass is 10.4. The van der Waals surface area contributed by atoms with Gasteiger partial charge in [-0.15, -0.1) is 0 Å². The summed E-state index contributed by atoms with van der Waals surface area (Å²) in [6, 6.07) is 1.91. The molecule has 0 radical (unpaired) electrons. The maximum atomic E-state index is 4.15. The van der Waals surface area contributed by atoms with Crippen molar-refractivity contribution in [3.8, 4) is 0 Å². The van der Waals surface area contributed by atoms with Crippen LogP contribution in [0.15, 0.2) is 22.9 Å². The maximum absolute atomic E-state index is 4.15. The zero-order valence-corrected chi connectivity index (χ0v) is 7.54. The van der Waals surface area contributed by atoms with Crippen LogP contribution >= 0.6 is 15.9 Å². The summed E-state index contributed by atoms with van der Waals surface area (Å²) < 4.78 is 2.79. The van der Waals surface area contributed by atoms with Gasteiger partial charge in [0, 0.05) is 23.9 Å². The summed E-state index contributed by atoms with van der Waals surface area (Å²) in [4.78, 5) is 4.10. The third-order valence-corrected chi connectivity index (χ3v) is 2.18. The van der Waals surface area contributed by atoms with E-state index in [1.165, 1.54) is 0 Å². The number of nitrogens with zero attached hydrogens (tertiary/aromatic N) is 3. The Balaban J connectivity index is 2.90. The summed E-state index contributed by atoms with van der Waals surface area (Å²) in [5.41, 5.74) is 0.780. The third kappa shape index (κ3) is 1.03. The first-order valence-corrected chi connectivity index (χ1v) is 4.00. The molecule has 0 unspecified atom stereocenters. The largest absolute Gasteiger partial charge is 0.273 e. The zero-order chi connectivity index (χ0) is 7.84. The van der Waals surface area contributed by atoms with Crippen molar-refractivity contribution in [2.45, 2.75) is 0 Å². The lowest BCUT2D eigenvalue weighted by Gasteiger charge is -1.87. The number of pyridine rings is 1. The minimum atomic E-state index is 0.780. The van der Waals surface area contributed by atoms with E-state index in [4.69, 9.17) is 0 Å². The number of rotatable bonds is 0. The van der Waals surface area contributed by atoms with Gasteiger partial charge in [0.25, 0.3) is 0 Å². The first kappa shape index (κ1) is 6.79. The lowest BCUT2D eigenvalue weighted by molar-refractivity contribution is 0.776. The number of aromatic nitrogens is 3. The molecule has 0 fully saturated rings. The first-order valence-electron chi connectivity index (χ1n) is 3.21. The molecule has 11 heavy (non-hydrogen) atoms. The van der Waals surface area contributed by atoms with Crippen molar-refractivity contribution in [2.24, 2.45) is 7.05 Å². The van der Waals surface area contributed by atoms with Crippen LogP contribution in [-0.4, -0.2) is 14.8 Å². The van der Waals surface area contributed by atoms with Crippen molar-refractivity contribution in [2.75, 3.05) is 0 Å². The van der Waals surface area contributed by atoms with Crippen LogP contribution in [0.4, 0.5) is 0 Å². The van der Waals surface area contributed by atoms with Crippen LogP contribution in [0.1, 0.15) is 0 Å². The van der Waals surface area contributed by atoms with Gasteiger partial charge in [0.1, 0.15) is 0 Å². The first-order chi connectivity index (χ1) is 5.27.